The predicted octanol–water partition coefficient (Wildman–Crippen LogP) is 3.07. The summed E-state index contributed by atoms with van der Waals surface area (Å²) in [6.07, 6.45) is 0. The summed E-state index contributed by atoms with van der Waals surface area (Å²) in [5.74, 6) is 4.08. The van der Waals surface area contributed by atoms with E-state index in [1.807, 2.05) is 18.2 Å². The van der Waals surface area contributed by atoms with Crippen molar-refractivity contribution in [3.05, 3.63) is 65.5 Å². The second-order valence-corrected chi connectivity index (χ2v) is 3.76. The normalized spacial score (nSPS) is 9.37. The molecule has 0 atom stereocenters. The number of carbonyl (C=O) groups is 1. The molecule has 0 amide bonds. The van der Waals surface area contributed by atoms with Crippen LogP contribution < -0.4 is 4.74 Å². The lowest BCUT2D eigenvalue weighted by Crippen LogP contribution is -2.03. The van der Waals surface area contributed by atoms with Gasteiger partial charge in [-0.3, -0.25) is 4.79 Å². The SMILES string of the molecule is COc1cccc(F)c1C(=O)C#Cc1ccccc1. The van der Waals surface area contributed by atoms with Gasteiger partial charge in [0.05, 0.1) is 7.11 Å². The number of methoxy groups -OCH3 is 1. The molecule has 3 heteroatoms. The van der Waals surface area contributed by atoms with Crippen molar-refractivity contribution in [2.45, 2.75) is 0 Å². The molecule has 19 heavy (non-hydrogen) atoms. The molecule has 2 nitrogen and oxygen atoms in total. The molecule has 0 unspecified atom stereocenters. The molecule has 0 saturated carbocycles. The van der Waals surface area contributed by atoms with Crippen LogP contribution in [0.2, 0.25) is 0 Å². The molecule has 94 valence electrons. The molecule has 0 bridgehead atoms. The van der Waals surface area contributed by atoms with E-state index in [0.717, 1.165) is 0 Å². The van der Waals surface area contributed by atoms with E-state index in [9.17, 15) is 9.18 Å². The highest BCUT2D eigenvalue weighted by Gasteiger charge is 2.15. The van der Waals surface area contributed by atoms with E-state index < -0.39 is 11.6 Å². The van der Waals surface area contributed by atoms with Crippen molar-refractivity contribution in [1.29, 1.82) is 0 Å². The fourth-order valence-electron chi connectivity index (χ4n) is 1.61. The van der Waals surface area contributed by atoms with Gasteiger partial charge in [0.15, 0.2) is 0 Å². The zero-order valence-electron chi connectivity index (χ0n) is 10.3. The average molecular weight is 254 g/mol. The zero-order valence-corrected chi connectivity index (χ0v) is 10.3. The third-order valence-corrected chi connectivity index (χ3v) is 2.52. The fraction of sp³-hybridized carbons (Fsp3) is 0.0625. The van der Waals surface area contributed by atoms with Crippen molar-refractivity contribution < 1.29 is 13.9 Å². The number of halogens is 1. The summed E-state index contributed by atoms with van der Waals surface area (Å²) in [5.41, 5.74) is 0.569. The van der Waals surface area contributed by atoms with Gasteiger partial charge in [-0.25, -0.2) is 4.39 Å². The lowest BCUT2D eigenvalue weighted by atomic mass is 10.1. The molecule has 0 N–H and O–H groups in total. The maximum Gasteiger partial charge on any atom is 0.242 e. The number of hydrogen-bond donors (Lipinski definition) is 0. The number of benzene rings is 2. The number of carbonyl (C=O) groups excluding carboxylic acids is 1. The summed E-state index contributed by atoms with van der Waals surface area (Å²) in [6.45, 7) is 0. The van der Waals surface area contributed by atoms with Crippen LogP contribution >= 0.6 is 0 Å². The monoisotopic (exact) mass is 254 g/mol. The van der Waals surface area contributed by atoms with Gasteiger partial charge in [0.1, 0.15) is 17.1 Å². The van der Waals surface area contributed by atoms with Gasteiger partial charge in [-0.2, -0.15) is 0 Å². The van der Waals surface area contributed by atoms with E-state index in [0.29, 0.717) is 5.56 Å². The van der Waals surface area contributed by atoms with Crippen LogP contribution in [0, 0.1) is 17.7 Å². The van der Waals surface area contributed by atoms with Crippen molar-refractivity contribution in [3.8, 4) is 17.6 Å². The largest absolute Gasteiger partial charge is 0.496 e. The standard InChI is InChI=1S/C16H11FO2/c1-19-15-9-5-8-13(17)16(15)14(18)11-10-12-6-3-2-4-7-12/h2-9H,1H3. The molecule has 0 saturated heterocycles. The van der Waals surface area contributed by atoms with Gasteiger partial charge in [-0.15, -0.1) is 0 Å². The Balaban J connectivity index is 2.34. The third kappa shape index (κ3) is 2.99. The summed E-state index contributed by atoms with van der Waals surface area (Å²) in [4.78, 5) is 11.9. The van der Waals surface area contributed by atoms with Gasteiger partial charge >= 0.3 is 0 Å². The molecule has 0 radical (unpaired) electrons. The molecule has 0 aliphatic carbocycles. The molecule has 2 aromatic carbocycles. The van der Waals surface area contributed by atoms with Gasteiger partial charge in [0.2, 0.25) is 5.78 Å². The van der Waals surface area contributed by atoms with Crippen LogP contribution in [0.3, 0.4) is 0 Å². The highest BCUT2D eigenvalue weighted by Crippen LogP contribution is 2.21. The van der Waals surface area contributed by atoms with E-state index in [1.165, 1.54) is 25.3 Å². The van der Waals surface area contributed by atoms with Gasteiger partial charge in [0, 0.05) is 5.56 Å². The molecule has 0 aromatic heterocycles. The number of rotatable bonds is 2. The van der Waals surface area contributed by atoms with Gasteiger partial charge in [-0.1, -0.05) is 30.2 Å². The molecule has 0 aliphatic rings. The predicted molar refractivity (Wildman–Crippen MR) is 70.6 cm³/mol. The van der Waals surface area contributed by atoms with E-state index in [2.05, 4.69) is 11.8 Å². The number of Topliss-reactive ketones (excluding diaryl/α,β-unsaturated/α-hetero) is 1. The van der Waals surface area contributed by atoms with E-state index >= 15 is 0 Å². The summed E-state index contributed by atoms with van der Waals surface area (Å²) < 4.78 is 18.6. The quantitative estimate of drug-likeness (QED) is 0.608. The second-order valence-electron chi connectivity index (χ2n) is 3.76. The minimum Gasteiger partial charge on any atom is -0.496 e. The second kappa shape index (κ2) is 5.83. The van der Waals surface area contributed by atoms with Crippen LogP contribution in [-0.2, 0) is 0 Å². The topological polar surface area (TPSA) is 26.3 Å². The molecular formula is C16H11FO2. The minimum atomic E-state index is -0.633. The Morgan fingerprint density at radius 2 is 1.84 bits per heavy atom. The first-order valence-electron chi connectivity index (χ1n) is 5.66. The smallest absolute Gasteiger partial charge is 0.242 e. The first kappa shape index (κ1) is 12.8. The van der Waals surface area contributed by atoms with Crippen molar-refractivity contribution in [3.63, 3.8) is 0 Å². The number of ether oxygens (including phenoxy) is 1. The Morgan fingerprint density at radius 3 is 2.53 bits per heavy atom. The van der Waals surface area contributed by atoms with Gasteiger partial charge in [-0.05, 0) is 30.2 Å². The Morgan fingerprint density at radius 1 is 1.11 bits per heavy atom. The van der Waals surface area contributed by atoms with Gasteiger partial charge < -0.3 is 4.74 Å². The molecule has 2 aromatic rings. The Hall–Kier alpha value is -2.60. The van der Waals surface area contributed by atoms with Crippen molar-refractivity contribution >= 4 is 5.78 Å². The van der Waals surface area contributed by atoms with E-state index in [1.54, 1.807) is 12.1 Å². The summed E-state index contributed by atoms with van der Waals surface area (Å²) in [6, 6.07) is 13.3. The molecular weight excluding hydrogens is 243 g/mol. The van der Waals surface area contributed by atoms with Crippen molar-refractivity contribution in [2.75, 3.05) is 7.11 Å². The average Bonchev–Trinajstić information content (AvgIpc) is 2.45. The van der Waals surface area contributed by atoms with Crippen molar-refractivity contribution in [2.24, 2.45) is 0 Å². The summed E-state index contributed by atoms with van der Waals surface area (Å²) >= 11 is 0. The maximum atomic E-state index is 13.6. The van der Waals surface area contributed by atoms with Crippen molar-refractivity contribution in [1.82, 2.24) is 0 Å². The van der Waals surface area contributed by atoms with Crippen LogP contribution in [0.1, 0.15) is 15.9 Å². The number of ketones is 1. The lowest BCUT2D eigenvalue weighted by Gasteiger charge is -2.04. The van der Waals surface area contributed by atoms with Gasteiger partial charge in [0.25, 0.3) is 0 Å². The highest BCUT2D eigenvalue weighted by molar-refractivity contribution is 6.11. The van der Waals surface area contributed by atoms with Crippen LogP contribution in [0.4, 0.5) is 4.39 Å². The summed E-state index contributed by atoms with van der Waals surface area (Å²) in [5, 5.41) is 0. The highest BCUT2D eigenvalue weighted by atomic mass is 19.1. The first-order valence-corrected chi connectivity index (χ1v) is 5.66. The van der Waals surface area contributed by atoms with Crippen LogP contribution in [0.5, 0.6) is 5.75 Å². The summed E-state index contributed by atoms with van der Waals surface area (Å²) in [7, 11) is 1.39. The molecule has 2 rings (SSSR count). The minimum absolute atomic E-state index is 0.131. The van der Waals surface area contributed by atoms with Crippen LogP contribution in [0.15, 0.2) is 48.5 Å². The maximum absolute atomic E-state index is 13.6. The molecule has 0 fully saturated rings. The van der Waals surface area contributed by atoms with E-state index in [4.69, 9.17) is 4.74 Å². The Bertz CT molecular complexity index is 651. The third-order valence-electron chi connectivity index (χ3n) is 2.52. The lowest BCUT2D eigenvalue weighted by molar-refractivity contribution is 0.105. The zero-order chi connectivity index (χ0) is 13.7. The Kier molecular flexibility index (Phi) is 3.94. The molecule has 0 aliphatic heterocycles. The Labute approximate surface area is 110 Å². The van der Waals surface area contributed by atoms with Crippen LogP contribution in [-0.4, -0.2) is 12.9 Å². The molecule has 0 spiro atoms. The molecule has 0 heterocycles. The fourth-order valence-corrected chi connectivity index (χ4v) is 1.61. The number of hydrogen-bond acceptors (Lipinski definition) is 2. The first-order chi connectivity index (χ1) is 9.22. The van der Waals surface area contributed by atoms with E-state index in [-0.39, 0.29) is 11.3 Å². The van der Waals surface area contributed by atoms with Crippen LogP contribution in [0.25, 0.3) is 0 Å².